The molecule has 2 aromatic heterocycles. The van der Waals surface area contributed by atoms with Gasteiger partial charge in [0.15, 0.2) is 5.76 Å². The lowest BCUT2D eigenvalue weighted by molar-refractivity contribution is -0.384. The summed E-state index contributed by atoms with van der Waals surface area (Å²) >= 11 is 0. The second kappa shape index (κ2) is 7.45. The van der Waals surface area contributed by atoms with E-state index in [2.05, 4.69) is 10.4 Å². The Morgan fingerprint density at radius 2 is 2.11 bits per heavy atom. The zero-order chi connectivity index (χ0) is 19.6. The van der Waals surface area contributed by atoms with Crippen molar-refractivity contribution in [1.82, 2.24) is 15.1 Å². The molecule has 3 aromatic rings. The second-order valence-corrected chi connectivity index (χ2v) is 6.30. The maximum atomic E-state index is 12.7. The third-order valence-corrected chi connectivity index (χ3v) is 4.21. The number of carbonyl (C=O) groups is 1. The zero-order valence-corrected chi connectivity index (χ0v) is 15.3. The lowest BCUT2D eigenvalue weighted by Gasteiger charge is -2.12. The van der Waals surface area contributed by atoms with Crippen LogP contribution >= 0.6 is 0 Å². The number of furan rings is 1. The molecule has 1 N–H and O–H groups in total. The van der Waals surface area contributed by atoms with Gasteiger partial charge in [-0.25, -0.2) is 4.68 Å². The predicted octanol–water partition coefficient (Wildman–Crippen LogP) is 3.88. The first kappa shape index (κ1) is 18.4. The number of rotatable bonds is 6. The first-order chi connectivity index (χ1) is 12.9. The number of hydrogen-bond donors (Lipinski definition) is 1. The van der Waals surface area contributed by atoms with E-state index in [1.807, 2.05) is 20.8 Å². The Balaban J connectivity index is 2.10. The molecule has 1 amide bonds. The Morgan fingerprint density at radius 1 is 1.33 bits per heavy atom. The average Bonchev–Trinajstić information content (AvgIpc) is 3.28. The maximum absolute atomic E-state index is 12.7. The highest BCUT2D eigenvalue weighted by Gasteiger charge is 2.21. The number of nitrogens with zero attached hydrogens (tertiary/aromatic N) is 3. The fourth-order valence-electron chi connectivity index (χ4n) is 2.57. The highest BCUT2D eigenvalue weighted by molar-refractivity contribution is 5.94. The highest BCUT2D eigenvalue weighted by Crippen LogP contribution is 2.25. The predicted molar refractivity (Wildman–Crippen MR) is 99.9 cm³/mol. The fourth-order valence-corrected chi connectivity index (χ4v) is 2.57. The number of aromatic nitrogens is 2. The van der Waals surface area contributed by atoms with Crippen LogP contribution in [0.25, 0.3) is 17.1 Å². The van der Waals surface area contributed by atoms with Gasteiger partial charge < -0.3 is 9.73 Å². The van der Waals surface area contributed by atoms with Gasteiger partial charge in [-0.05, 0) is 38.5 Å². The van der Waals surface area contributed by atoms with Gasteiger partial charge in [-0.15, -0.1) is 0 Å². The van der Waals surface area contributed by atoms with E-state index in [0.717, 1.165) is 12.2 Å². The first-order valence-corrected chi connectivity index (χ1v) is 8.61. The van der Waals surface area contributed by atoms with E-state index in [9.17, 15) is 14.9 Å². The zero-order valence-electron chi connectivity index (χ0n) is 15.3. The first-order valence-electron chi connectivity index (χ1n) is 8.61. The van der Waals surface area contributed by atoms with Crippen molar-refractivity contribution in [3.8, 4) is 17.1 Å². The number of aryl methyl sites for hydroxylation is 1. The van der Waals surface area contributed by atoms with Gasteiger partial charge in [-0.3, -0.25) is 14.9 Å². The standard InChI is InChI=1S/C19H20N4O4/c1-4-12(2)20-19(24)17-11-16(18-9-8-13(3)27-18)21-22(17)14-6-5-7-15(10-14)23(25)26/h5-12H,4H2,1-3H3,(H,20,24)/t12-/m0/s1. The van der Waals surface area contributed by atoms with Crippen LogP contribution in [0.15, 0.2) is 46.9 Å². The van der Waals surface area contributed by atoms with Gasteiger partial charge in [0.05, 0.1) is 10.6 Å². The Kier molecular flexibility index (Phi) is 5.07. The van der Waals surface area contributed by atoms with Crippen LogP contribution in [-0.2, 0) is 0 Å². The summed E-state index contributed by atoms with van der Waals surface area (Å²) in [6.45, 7) is 5.69. The van der Waals surface area contributed by atoms with Gasteiger partial charge in [0.2, 0.25) is 0 Å². The molecule has 0 aliphatic heterocycles. The van der Waals surface area contributed by atoms with Crippen LogP contribution in [0.3, 0.4) is 0 Å². The number of nitro groups is 1. The molecule has 8 heteroatoms. The Morgan fingerprint density at radius 3 is 2.74 bits per heavy atom. The van der Waals surface area contributed by atoms with E-state index < -0.39 is 4.92 Å². The largest absolute Gasteiger partial charge is 0.460 e. The summed E-state index contributed by atoms with van der Waals surface area (Å²) in [6.07, 6.45) is 0.779. The molecule has 0 radical (unpaired) electrons. The maximum Gasteiger partial charge on any atom is 0.271 e. The molecule has 8 nitrogen and oxygen atoms in total. The highest BCUT2D eigenvalue weighted by atomic mass is 16.6. The molecule has 0 bridgehead atoms. The quantitative estimate of drug-likeness (QED) is 0.525. The Labute approximate surface area is 156 Å². The van der Waals surface area contributed by atoms with E-state index in [1.54, 1.807) is 30.3 Å². The summed E-state index contributed by atoms with van der Waals surface area (Å²) in [7, 11) is 0. The van der Waals surface area contributed by atoms with E-state index in [-0.39, 0.29) is 23.3 Å². The Hall–Kier alpha value is -3.42. The molecule has 27 heavy (non-hydrogen) atoms. The van der Waals surface area contributed by atoms with Crippen LogP contribution in [0, 0.1) is 17.0 Å². The molecule has 0 saturated heterocycles. The Bertz CT molecular complexity index is 989. The third-order valence-electron chi connectivity index (χ3n) is 4.21. The van der Waals surface area contributed by atoms with E-state index >= 15 is 0 Å². The molecule has 0 spiro atoms. The van der Waals surface area contributed by atoms with Crippen molar-refractivity contribution in [1.29, 1.82) is 0 Å². The van der Waals surface area contributed by atoms with Crippen molar-refractivity contribution in [3.05, 3.63) is 64.0 Å². The summed E-state index contributed by atoms with van der Waals surface area (Å²) in [5.74, 6) is 0.938. The van der Waals surface area contributed by atoms with Crippen molar-refractivity contribution < 1.29 is 14.1 Å². The molecular formula is C19H20N4O4. The minimum absolute atomic E-state index is 0.0136. The smallest absolute Gasteiger partial charge is 0.271 e. The number of hydrogen-bond acceptors (Lipinski definition) is 5. The van der Waals surface area contributed by atoms with E-state index in [1.165, 1.54) is 16.8 Å². The summed E-state index contributed by atoms with van der Waals surface area (Å²) < 4.78 is 7.00. The van der Waals surface area contributed by atoms with Crippen molar-refractivity contribution in [2.24, 2.45) is 0 Å². The number of non-ortho nitro benzene ring substituents is 1. The lowest BCUT2D eigenvalue weighted by atomic mass is 10.2. The number of amides is 1. The normalized spacial score (nSPS) is 12.0. The minimum Gasteiger partial charge on any atom is -0.460 e. The fraction of sp³-hybridized carbons (Fsp3) is 0.263. The van der Waals surface area contributed by atoms with Crippen molar-refractivity contribution >= 4 is 11.6 Å². The van der Waals surface area contributed by atoms with Crippen molar-refractivity contribution in [2.45, 2.75) is 33.2 Å². The van der Waals surface area contributed by atoms with Gasteiger partial charge in [0, 0.05) is 24.2 Å². The molecule has 0 aliphatic rings. The van der Waals surface area contributed by atoms with Crippen LogP contribution in [0.1, 0.15) is 36.5 Å². The van der Waals surface area contributed by atoms with Crippen LogP contribution in [0.4, 0.5) is 5.69 Å². The van der Waals surface area contributed by atoms with E-state index in [0.29, 0.717) is 17.1 Å². The van der Waals surface area contributed by atoms with Crippen LogP contribution in [-0.4, -0.2) is 26.7 Å². The molecule has 1 aromatic carbocycles. The number of nitrogens with one attached hydrogen (secondary N) is 1. The molecule has 0 unspecified atom stereocenters. The molecule has 0 aliphatic carbocycles. The van der Waals surface area contributed by atoms with Crippen LogP contribution in [0.2, 0.25) is 0 Å². The topological polar surface area (TPSA) is 103 Å². The number of benzene rings is 1. The third kappa shape index (κ3) is 3.89. The number of nitro benzene ring substituents is 1. The molecular weight excluding hydrogens is 348 g/mol. The average molecular weight is 368 g/mol. The number of carbonyl (C=O) groups excluding carboxylic acids is 1. The summed E-state index contributed by atoms with van der Waals surface area (Å²) in [5.41, 5.74) is 1.10. The molecule has 1 atom stereocenters. The van der Waals surface area contributed by atoms with Gasteiger partial charge >= 0.3 is 0 Å². The summed E-state index contributed by atoms with van der Waals surface area (Å²) in [6, 6.07) is 11.2. The SMILES string of the molecule is CC[C@H](C)NC(=O)c1cc(-c2ccc(C)o2)nn1-c1cccc([N+](=O)[O-])c1. The van der Waals surface area contributed by atoms with Crippen molar-refractivity contribution in [3.63, 3.8) is 0 Å². The minimum atomic E-state index is -0.483. The summed E-state index contributed by atoms with van der Waals surface area (Å²) in [4.78, 5) is 23.4. The molecule has 0 saturated carbocycles. The van der Waals surface area contributed by atoms with Gasteiger partial charge in [0.25, 0.3) is 11.6 Å². The van der Waals surface area contributed by atoms with Crippen LogP contribution in [0.5, 0.6) is 0 Å². The van der Waals surface area contributed by atoms with Gasteiger partial charge in [0.1, 0.15) is 17.1 Å². The van der Waals surface area contributed by atoms with Crippen LogP contribution < -0.4 is 5.32 Å². The molecule has 3 rings (SSSR count). The van der Waals surface area contributed by atoms with E-state index in [4.69, 9.17) is 4.42 Å². The molecule has 0 fully saturated rings. The summed E-state index contributed by atoms with van der Waals surface area (Å²) in [5, 5.41) is 18.5. The van der Waals surface area contributed by atoms with Crippen molar-refractivity contribution in [2.75, 3.05) is 0 Å². The van der Waals surface area contributed by atoms with Gasteiger partial charge in [-0.1, -0.05) is 13.0 Å². The van der Waals surface area contributed by atoms with Gasteiger partial charge in [-0.2, -0.15) is 5.10 Å². The molecule has 140 valence electrons. The monoisotopic (exact) mass is 368 g/mol. The lowest BCUT2D eigenvalue weighted by Crippen LogP contribution is -2.33. The molecule has 2 heterocycles. The second-order valence-electron chi connectivity index (χ2n) is 6.30.